The Balaban J connectivity index is 2.34. The Hall–Kier alpha value is -2.80. The van der Waals surface area contributed by atoms with Crippen LogP contribution in [0.1, 0.15) is 44.7 Å². The Bertz CT molecular complexity index is 874. The predicted octanol–water partition coefficient (Wildman–Crippen LogP) is 5.66. The van der Waals surface area contributed by atoms with Gasteiger partial charge in [-0.3, -0.25) is 0 Å². The largest absolute Gasteiger partial charge is 0.449 e. The van der Waals surface area contributed by atoms with E-state index >= 15 is 0 Å². The Kier molecular flexibility index (Phi) is 4.26. The van der Waals surface area contributed by atoms with E-state index in [0.29, 0.717) is 11.5 Å². The van der Waals surface area contributed by atoms with Crippen molar-refractivity contribution in [3.05, 3.63) is 53.4 Å². The van der Waals surface area contributed by atoms with Crippen LogP contribution in [0.15, 0.2) is 36.4 Å². The second-order valence-corrected chi connectivity index (χ2v) is 6.81. The van der Waals surface area contributed by atoms with Gasteiger partial charge in [0.25, 0.3) is 0 Å². The molecule has 0 atom stereocenters. The molecular weight excluding hydrogens is 317 g/mol. The van der Waals surface area contributed by atoms with E-state index in [1.54, 1.807) is 18.2 Å². The van der Waals surface area contributed by atoms with E-state index in [-0.39, 0.29) is 11.7 Å². The van der Waals surface area contributed by atoms with Crippen LogP contribution < -0.4 is 9.47 Å². The van der Waals surface area contributed by atoms with Crippen molar-refractivity contribution in [2.45, 2.75) is 39.4 Å². The molecular formula is C21H20FNO2. The van der Waals surface area contributed by atoms with Crippen LogP contribution in [-0.4, -0.2) is 5.79 Å². The minimum absolute atomic E-state index is 0.218. The van der Waals surface area contributed by atoms with Gasteiger partial charge in [-0.2, -0.15) is 5.26 Å². The summed E-state index contributed by atoms with van der Waals surface area (Å²) >= 11 is 0. The second kappa shape index (κ2) is 6.25. The number of rotatable bonds is 3. The maximum atomic E-state index is 13.4. The predicted molar refractivity (Wildman–Crippen MR) is 95.9 cm³/mol. The lowest BCUT2D eigenvalue weighted by Gasteiger charge is -2.18. The molecule has 0 aromatic heterocycles. The summed E-state index contributed by atoms with van der Waals surface area (Å²) in [5, 5.41) is 8.99. The van der Waals surface area contributed by atoms with Crippen LogP contribution in [0.4, 0.5) is 4.39 Å². The lowest BCUT2D eigenvalue weighted by molar-refractivity contribution is -0.0429. The molecule has 4 heteroatoms. The number of nitrogens with zero attached hydrogens (tertiary/aromatic N) is 1. The van der Waals surface area contributed by atoms with Gasteiger partial charge in [0.2, 0.25) is 5.79 Å². The number of ether oxygens (including phenoxy) is 2. The monoisotopic (exact) mass is 337 g/mol. The van der Waals surface area contributed by atoms with Crippen LogP contribution in [0.5, 0.6) is 11.5 Å². The molecule has 0 bridgehead atoms. The van der Waals surface area contributed by atoms with Gasteiger partial charge in [0.05, 0.1) is 6.07 Å². The summed E-state index contributed by atoms with van der Waals surface area (Å²) in [4.78, 5) is 0. The molecule has 1 aliphatic heterocycles. The number of nitriles is 1. The zero-order valence-electron chi connectivity index (χ0n) is 14.8. The van der Waals surface area contributed by atoms with Crippen LogP contribution in [0.3, 0.4) is 0 Å². The van der Waals surface area contributed by atoms with E-state index in [0.717, 1.165) is 22.3 Å². The van der Waals surface area contributed by atoms with Crippen LogP contribution in [-0.2, 0) is 0 Å². The van der Waals surface area contributed by atoms with Gasteiger partial charge in [-0.15, -0.1) is 0 Å². The van der Waals surface area contributed by atoms with Gasteiger partial charge in [-0.25, -0.2) is 4.39 Å². The topological polar surface area (TPSA) is 42.2 Å². The molecule has 3 rings (SSSR count). The normalized spacial score (nSPS) is 14.9. The first kappa shape index (κ1) is 17.0. The third kappa shape index (κ3) is 3.23. The molecule has 0 fully saturated rings. The van der Waals surface area contributed by atoms with Gasteiger partial charge in [0, 0.05) is 25.5 Å². The highest BCUT2D eigenvalue weighted by Gasteiger charge is 2.36. The fourth-order valence-corrected chi connectivity index (χ4v) is 3.06. The highest BCUT2D eigenvalue weighted by molar-refractivity contribution is 5.85. The molecule has 0 spiro atoms. The molecule has 128 valence electrons. The number of hydrogen-bond acceptors (Lipinski definition) is 3. The highest BCUT2D eigenvalue weighted by atomic mass is 19.1. The van der Waals surface area contributed by atoms with Gasteiger partial charge >= 0.3 is 0 Å². The summed E-state index contributed by atoms with van der Waals surface area (Å²) < 4.78 is 25.4. The zero-order valence-corrected chi connectivity index (χ0v) is 14.8. The van der Waals surface area contributed by atoms with Gasteiger partial charge in [-0.05, 0) is 46.9 Å². The molecule has 25 heavy (non-hydrogen) atoms. The molecule has 0 N–H and O–H groups in total. The van der Waals surface area contributed by atoms with Crippen molar-refractivity contribution in [2.75, 3.05) is 0 Å². The van der Waals surface area contributed by atoms with E-state index in [2.05, 4.69) is 13.8 Å². The Morgan fingerprint density at radius 2 is 1.84 bits per heavy atom. The van der Waals surface area contributed by atoms with E-state index < -0.39 is 5.79 Å². The van der Waals surface area contributed by atoms with Crippen molar-refractivity contribution in [3.63, 3.8) is 0 Å². The van der Waals surface area contributed by atoms with Gasteiger partial charge < -0.3 is 9.47 Å². The molecule has 0 unspecified atom stereocenters. The third-order valence-electron chi connectivity index (χ3n) is 4.10. The lowest BCUT2D eigenvalue weighted by Crippen LogP contribution is -2.29. The Morgan fingerprint density at radius 1 is 1.16 bits per heavy atom. The van der Waals surface area contributed by atoms with Crippen molar-refractivity contribution < 1.29 is 13.9 Å². The van der Waals surface area contributed by atoms with Gasteiger partial charge in [0.15, 0.2) is 11.5 Å². The molecule has 0 radical (unpaired) electrons. The van der Waals surface area contributed by atoms with Crippen molar-refractivity contribution in [3.8, 4) is 28.7 Å². The van der Waals surface area contributed by atoms with Crippen LogP contribution >= 0.6 is 0 Å². The summed E-state index contributed by atoms with van der Waals surface area (Å²) in [5.41, 5.74) is 3.58. The average molecular weight is 337 g/mol. The molecule has 0 amide bonds. The summed E-state index contributed by atoms with van der Waals surface area (Å²) in [7, 11) is 0. The standard InChI is InChI=1S/C21H20FNO2/c1-13(2)17-12-18-20(25-21(3,4)24-18)19(16(17)6-5-11-23)14-7-9-15(22)10-8-14/h5-10,12-13H,1-4H3/b6-5+. The van der Waals surface area contributed by atoms with Crippen molar-refractivity contribution >= 4 is 6.08 Å². The van der Waals surface area contributed by atoms with E-state index in [9.17, 15) is 4.39 Å². The first-order valence-corrected chi connectivity index (χ1v) is 8.23. The van der Waals surface area contributed by atoms with Gasteiger partial charge in [0.1, 0.15) is 5.82 Å². The number of allylic oxidation sites excluding steroid dienone is 1. The zero-order chi connectivity index (χ0) is 18.2. The van der Waals surface area contributed by atoms with E-state index in [4.69, 9.17) is 14.7 Å². The van der Waals surface area contributed by atoms with E-state index in [1.165, 1.54) is 18.2 Å². The summed E-state index contributed by atoms with van der Waals surface area (Å²) in [6.45, 7) is 7.87. The van der Waals surface area contributed by atoms with Gasteiger partial charge in [-0.1, -0.05) is 26.0 Å². The summed E-state index contributed by atoms with van der Waals surface area (Å²) in [6, 6.07) is 10.3. The lowest BCUT2D eigenvalue weighted by atomic mass is 9.88. The number of hydrogen-bond donors (Lipinski definition) is 0. The number of benzene rings is 2. The molecule has 3 nitrogen and oxygen atoms in total. The Labute approximate surface area is 147 Å². The molecule has 0 saturated heterocycles. The summed E-state index contributed by atoms with van der Waals surface area (Å²) in [6.07, 6.45) is 3.23. The molecule has 2 aromatic carbocycles. The maximum Gasteiger partial charge on any atom is 0.246 e. The molecule has 1 aliphatic rings. The van der Waals surface area contributed by atoms with Crippen molar-refractivity contribution in [1.82, 2.24) is 0 Å². The molecule has 0 saturated carbocycles. The molecule has 2 aromatic rings. The summed E-state index contributed by atoms with van der Waals surface area (Å²) in [5.74, 6) is 0.436. The van der Waals surface area contributed by atoms with Crippen molar-refractivity contribution in [1.29, 1.82) is 5.26 Å². The smallest absolute Gasteiger partial charge is 0.246 e. The second-order valence-electron chi connectivity index (χ2n) is 6.81. The minimum atomic E-state index is -0.775. The molecule has 0 aliphatic carbocycles. The quantitative estimate of drug-likeness (QED) is 0.679. The average Bonchev–Trinajstić information content (AvgIpc) is 2.86. The fraction of sp³-hybridized carbons (Fsp3) is 0.286. The highest BCUT2D eigenvalue weighted by Crippen LogP contribution is 2.50. The van der Waals surface area contributed by atoms with Crippen molar-refractivity contribution in [2.24, 2.45) is 0 Å². The van der Waals surface area contributed by atoms with Crippen LogP contribution in [0.2, 0.25) is 0 Å². The minimum Gasteiger partial charge on any atom is -0.449 e. The maximum absolute atomic E-state index is 13.4. The van der Waals surface area contributed by atoms with E-state index in [1.807, 2.05) is 26.0 Å². The number of fused-ring (bicyclic) bond motifs is 1. The number of halogens is 1. The van der Waals surface area contributed by atoms with Crippen LogP contribution in [0, 0.1) is 17.1 Å². The molecule has 1 heterocycles. The first-order valence-electron chi connectivity index (χ1n) is 8.23. The fourth-order valence-electron chi connectivity index (χ4n) is 3.06. The van der Waals surface area contributed by atoms with Crippen LogP contribution in [0.25, 0.3) is 17.2 Å². The first-order chi connectivity index (χ1) is 11.8. The SMILES string of the molecule is CC(C)c1cc2c(c(-c3ccc(F)cc3)c1/C=C/C#N)OC(C)(C)O2. The Morgan fingerprint density at radius 3 is 2.44 bits per heavy atom. The third-order valence-corrected chi connectivity index (χ3v) is 4.10.